The first kappa shape index (κ1) is 15.7. The highest BCUT2D eigenvalue weighted by Gasteiger charge is 2.24. The van der Waals surface area contributed by atoms with Crippen LogP contribution in [0.15, 0.2) is 11.2 Å². The number of rotatable bonds is 5. The van der Waals surface area contributed by atoms with Crippen LogP contribution >= 0.6 is 11.6 Å². The number of hydrogen-bond acceptors (Lipinski definition) is 2. The predicted octanol–water partition coefficient (Wildman–Crippen LogP) is 3.63. The normalized spacial score (nSPS) is 13.5. The molecular formula is C12H24ClNOSi. The Balaban J connectivity index is 4.95. The molecule has 0 aliphatic rings. The Bertz CT molecular complexity index is 271. The number of carbonyl (C=O) groups is 1. The molecule has 2 nitrogen and oxygen atoms in total. The highest BCUT2D eigenvalue weighted by Crippen LogP contribution is 2.19. The van der Waals surface area contributed by atoms with E-state index < -0.39 is 8.07 Å². The van der Waals surface area contributed by atoms with Crippen molar-refractivity contribution in [1.29, 1.82) is 0 Å². The Morgan fingerprint density at radius 2 is 1.50 bits per heavy atom. The lowest BCUT2D eigenvalue weighted by Crippen LogP contribution is -2.37. The lowest BCUT2D eigenvalue weighted by Gasteiger charge is -2.32. The van der Waals surface area contributed by atoms with Gasteiger partial charge < -0.3 is 9.69 Å². The maximum Gasteiger partial charge on any atom is 0.135 e. The molecule has 0 amide bonds. The summed E-state index contributed by atoms with van der Waals surface area (Å²) in [7, 11) is -1.77. The van der Waals surface area contributed by atoms with Crippen molar-refractivity contribution in [2.24, 2.45) is 0 Å². The van der Waals surface area contributed by atoms with E-state index in [2.05, 4.69) is 32.6 Å². The summed E-state index contributed by atoms with van der Waals surface area (Å²) < 4.78 is 0. The molecule has 0 radical (unpaired) electrons. The van der Waals surface area contributed by atoms with Gasteiger partial charge in [0.05, 0.1) is 0 Å². The third-order valence-electron chi connectivity index (χ3n) is 2.35. The lowest BCUT2D eigenvalue weighted by atomic mass is 10.2. The predicted molar refractivity (Wildman–Crippen MR) is 74.4 cm³/mol. The fourth-order valence-electron chi connectivity index (χ4n) is 1.49. The van der Waals surface area contributed by atoms with Gasteiger partial charge in [0.1, 0.15) is 18.6 Å². The highest BCUT2D eigenvalue weighted by atomic mass is 35.5. The molecule has 0 rings (SSSR count). The maximum absolute atomic E-state index is 11.9. The summed E-state index contributed by atoms with van der Waals surface area (Å²) in [6.45, 7) is 14.4. The Morgan fingerprint density at radius 3 is 1.75 bits per heavy atom. The minimum Gasteiger partial charge on any atom is -0.357 e. The molecule has 0 aliphatic heterocycles. The van der Waals surface area contributed by atoms with Gasteiger partial charge in [-0.3, -0.25) is 0 Å². The van der Waals surface area contributed by atoms with Gasteiger partial charge in [-0.2, -0.15) is 0 Å². The molecule has 94 valence electrons. The zero-order chi connectivity index (χ0) is 13.1. The van der Waals surface area contributed by atoms with Crippen molar-refractivity contribution in [2.75, 3.05) is 0 Å². The summed E-state index contributed by atoms with van der Waals surface area (Å²) in [4.78, 5) is 14.0. The SMILES string of the molecule is CC(C)N(/C(Cl)=C/C(=O)[Si](C)(C)C)C(C)C. The number of hydrogen-bond donors (Lipinski definition) is 0. The van der Waals surface area contributed by atoms with Crippen molar-refractivity contribution < 1.29 is 4.79 Å². The minimum atomic E-state index is -1.77. The van der Waals surface area contributed by atoms with Crippen molar-refractivity contribution in [3.63, 3.8) is 0 Å². The van der Waals surface area contributed by atoms with Crippen LogP contribution in [-0.4, -0.2) is 30.5 Å². The van der Waals surface area contributed by atoms with E-state index in [0.717, 1.165) is 0 Å². The van der Waals surface area contributed by atoms with Crippen LogP contribution in [0.5, 0.6) is 0 Å². The summed E-state index contributed by atoms with van der Waals surface area (Å²) in [5.41, 5.74) is 0. The summed E-state index contributed by atoms with van der Waals surface area (Å²) in [5.74, 6) is 0. The van der Waals surface area contributed by atoms with Gasteiger partial charge in [0, 0.05) is 18.2 Å². The van der Waals surface area contributed by atoms with Crippen LogP contribution in [0.25, 0.3) is 0 Å². The van der Waals surface area contributed by atoms with Gasteiger partial charge in [-0.15, -0.1) is 0 Å². The van der Waals surface area contributed by atoms with E-state index in [9.17, 15) is 4.79 Å². The van der Waals surface area contributed by atoms with E-state index in [-0.39, 0.29) is 5.41 Å². The second kappa shape index (κ2) is 5.87. The minimum absolute atomic E-state index is 0.198. The topological polar surface area (TPSA) is 20.3 Å². The van der Waals surface area contributed by atoms with Gasteiger partial charge in [-0.25, -0.2) is 0 Å². The van der Waals surface area contributed by atoms with E-state index in [1.54, 1.807) is 6.08 Å². The summed E-state index contributed by atoms with van der Waals surface area (Å²) in [6, 6.07) is 0.608. The Morgan fingerprint density at radius 1 is 1.12 bits per heavy atom. The molecule has 4 heteroatoms. The van der Waals surface area contributed by atoms with Crippen LogP contribution in [-0.2, 0) is 4.79 Å². The monoisotopic (exact) mass is 261 g/mol. The van der Waals surface area contributed by atoms with Crippen molar-refractivity contribution in [2.45, 2.75) is 59.4 Å². The van der Waals surface area contributed by atoms with Gasteiger partial charge in [0.2, 0.25) is 0 Å². The van der Waals surface area contributed by atoms with E-state index in [1.807, 2.05) is 19.6 Å². The third-order valence-corrected chi connectivity index (χ3v) is 4.28. The first-order chi connectivity index (χ1) is 7.07. The number of carbonyl (C=O) groups excluding carboxylic acids is 1. The molecule has 16 heavy (non-hydrogen) atoms. The zero-order valence-electron chi connectivity index (χ0n) is 11.5. The van der Waals surface area contributed by atoms with Crippen LogP contribution in [0.1, 0.15) is 27.7 Å². The Hall–Kier alpha value is -0.283. The van der Waals surface area contributed by atoms with E-state index in [4.69, 9.17) is 11.6 Å². The standard InChI is InChI=1S/C12H24ClNOSi/c1-9(2)14(10(3)4)11(13)8-12(15)16(5,6)7/h8-10H,1-7H3/b11-8+. The molecule has 0 aromatic carbocycles. The van der Waals surface area contributed by atoms with Gasteiger partial charge in [-0.05, 0) is 27.7 Å². The molecule has 0 atom stereocenters. The van der Waals surface area contributed by atoms with E-state index >= 15 is 0 Å². The molecule has 0 aliphatic carbocycles. The van der Waals surface area contributed by atoms with Crippen LogP contribution in [0, 0.1) is 0 Å². The van der Waals surface area contributed by atoms with Gasteiger partial charge in [0.15, 0.2) is 0 Å². The number of nitrogens with zero attached hydrogens (tertiary/aromatic N) is 1. The molecule has 0 spiro atoms. The molecule has 0 heterocycles. The van der Waals surface area contributed by atoms with Gasteiger partial charge in [0.25, 0.3) is 0 Å². The van der Waals surface area contributed by atoms with Crippen molar-refractivity contribution in [1.82, 2.24) is 4.90 Å². The first-order valence-electron chi connectivity index (χ1n) is 5.77. The van der Waals surface area contributed by atoms with Crippen LogP contribution in [0.4, 0.5) is 0 Å². The van der Waals surface area contributed by atoms with E-state index in [1.165, 1.54) is 0 Å². The third kappa shape index (κ3) is 4.70. The molecule has 0 N–H and O–H groups in total. The van der Waals surface area contributed by atoms with Crippen LogP contribution in [0.3, 0.4) is 0 Å². The molecule has 0 bridgehead atoms. The summed E-state index contributed by atoms with van der Waals surface area (Å²) in [6.07, 6.45) is 1.60. The Labute approximate surface area is 106 Å². The van der Waals surface area contributed by atoms with Crippen LogP contribution in [0.2, 0.25) is 19.6 Å². The number of halogens is 1. The molecule has 0 saturated heterocycles. The van der Waals surface area contributed by atoms with Crippen molar-refractivity contribution in [3.05, 3.63) is 11.2 Å². The first-order valence-corrected chi connectivity index (χ1v) is 9.65. The molecule has 0 aromatic heterocycles. The molecular weight excluding hydrogens is 238 g/mol. The van der Waals surface area contributed by atoms with Crippen LogP contribution < -0.4 is 0 Å². The fourth-order valence-corrected chi connectivity index (χ4v) is 2.64. The zero-order valence-corrected chi connectivity index (χ0v) is 13.2. The largest absolute Gasteiger partial charge is 0.357 e. The fraction of sp³-hybridized carbons (Fsp3) is 0.750. The highest BCUT2D eigenvalue weighted by molar-refractivity contribution is 7.05. The molecule has 0 saturated carbocycles. The average Bonchev–Trinajstić information content (AvgIpc) is 1.99. The molecule has 0 unspecified atom stereocenters. The van der Waals surface area contributed by atoms with E-state index in [0.29, 0.717) is 17.2 Å². The molecule has 0 fully saturated rings. The van der Waals surface area contributed by atoms with Gasteiger partial charge >= 0.3 is 0 Å². The average molecular weight is 262 g/mol. The van der Waals surface area contributed by atoms with Crippen molar-refractivity contribution >= 4 is 25.1 Å². The smallest absolute Gasteiger partial charge is 0.135 e. The molecule has 0 aromatic rings. The van der Waals surface area contributed by atoms with Gasteiger partial charge in [-0.1, -0.05) is 31.2 Å². The van der Waals surface area contributed by atoms with Crippen molar-refractivity contribution in [3.8, 4) is 0 Å². The summed E-state index contributed by atoms with van der Waals surface area (Å²) in [5, 5.41) is 0.765. The lowest BCUT2D eigenvalue weighted by molar-refractivity contribution is -0.108. The maximum atomic E-state index is 11.9. The second-order valence-electron chi connectivity index (χ2n) is 5.68. The Kier molecular flexibility index (Phi) is 5.77. The quantitative estimate of drug-likeness (QED) is 0.428. The second-order valence-corrected chi connectivity index (χ2v) is 11.1. The summed E-state index contributed by atoms with van der Waals surface area (Å²) >= 11 is 6.23. The number of allylic oxidation sites excluding steroid dienone is 1.